The van der Waals surface area contributed by atoms with Gasteiger partial charge in [-0.15, -0.1) is 0 Å². The molecule has 2 aliphatic rings. The Kier molecular flexibility index (Phi) is 15.5. The smallest absolute Gasteiger partial charge is 0.268 e. The Bertz CT molecular complexity index is 514. The van der Waals surface area contributed by atoms with Gasteiger partial charge in [0.15, 0.2) is 0 Å². The predicted octanol–water partition coefficient (Wildman–Crippen LogP) is 7.52. The van der Waals surface area contributed by atoms with Gasteiger partial charge in [0.1, 0.15) is 0 Å². The maximum absolute atomic E-state index is 12.2. The Hall–Kier alpha value is 0.0700. The van der Waals surface area contributed by atoms with Gasteiger partial charge in [-0.25, -0.2) is 0 Å². The number of phosphoric ester groups is 1. The first kappa shape index (κ1) is 29.3. The van der Waals surface area contributed by atoms with Gasteiger partial charge >= 0.3 is 0 Å². The Morgan fingerprint density at radius 3 is 1.58 bits per heavy atom. The van der Waals surface area contributed by atoms with Crippen molar-refractivity contribution in [2.75, 3.05) is 32.8 Å². The van der Waals surface area contributed by atoms with Gasteiger partial charge in [0.2, 0.25) is 0 Å². The van der Waals surface area contributed by atoms with E-state index in [1.54, 1.807) is 0 Å². The van der Waals surface area contributed by atoms with Crippen molar-refractivity contribution in [3.63, 3.8) is 0 Å². The highest BCUT2D eigenvalue weighted by Gasteiger charge is 2.37. The van der Waals surface area contributed by atoms with E-state index in [0.717, 1.165) is 38.8 Å². The predicted molar refractivity (Wildman–Crippen MR) is 136 cm³/mol. The summed E-state index contributed by atoms with van der Waals surface area (Å²) in [4.78, 5) is 12.2. The van der Waals surface area contributed by atoms with Crippen LogP contribution in [0.3, 0.4) is 0 Å². The fraction of sp³-hybridized carbons (Fsp3) is 1.00. The lowest BCUT2D eigenvalue weighted by Crippen LogP contribution is -2.52. The number of unbranched alkanes of at least 4 members (excludes halogenated alkanes) is 15. The molecular weight excluding hydrogens is 433 g/mol. The number of hydrogen-bond donors (Lipinski definition) is 0. The van der Waals surface area contributed by atoms with Crippen molar-refractivity contribution in [2.45, 2.75) is 141 Å². The number of nitrogens with zero attached hydrogens (tertiary/aromatic N) is 1. The Balaban J connectivity index is 1.33. The number of quaternary nitrogens is 1. The van der Waals surface area contributed by atoms with Gasteiger partial charge in [0.25, 0.3) is 7.82 Å². The first-order valence-corrected chi connectivity index (χ1v) is 16.0. The zero-order valence-corrected chi connectivity index (χ0v) is 22.7. The highest BCUT2D eigenvalue weighted by Crippen LogP contribution is 2.42. The molecule has 0 aromatic rings. The van der Waals surface area contributed by atoms with E-state index in [0.29, 0.717) is 0 Å². The molecule has 0 aromatic carbocycles. The summed E-state index contributed by atoms with van der Waals surface area (Å²) < 4.78 is 23.9. The summed E-state index contributed by atoms with van der Waals surface area (Å²) in [5, 5.41) is 0. The molecule has 0 N–H and O–H groups in total. The fourth-order valence-corrected chi connectivity index (χ4v) is 6.68. The van der Waals surface area contributed by atoms with Crippen LogP contribution in [0.1, 0.15) is 135 Å². The average Bonchev–Trinajstić information content (AvgIpc) is 3.25. The van der Waals surface area contributed by atoms with E-state index in [9.17, 15) is 9.46 Å². The van der Waals surface area contributed by atoms with Crippen molar-refractivity contribution in [1.29, 1.82) is 0 Å². The summed E-state index contributed by atoms with van der Waals surface area (Å²) in [5.74, 6) is 0. The lowest BCUT2D eigenvalue weighted by Gasteiger charge is -2.41. The molecule has 5 nitrogen and oxygen atoms in total. The summed E-state index contributed by atoms with van der Waals surface area (Å²) in [6.07, 6.45) is 25.1. The molecule has 2 saturated heterocycles. The Morgan fingerprint density at radius 2 is 1.12 bits per heavy atom. The minimum absolute atomic E-state index is 0.177. The molecule has 0 saturated carbocycles. The highest BCUT2D eigenvalue weighted by molar-refractivity contribution is 7.45. The Labute approximate surface area is 205 Å². The molecule has 2 rings (SSSR count). The molecule has 2 heterocycles. The quantitative estimate of drug-likeness (QED) is 0.101. The van der Waals surface area contributed by atoms with E-state index < -0.39 is 7.82 Å². The number of hydrogen-bond acceptors (Lipinski definition) is 4. The summed E-state index contributed by atoms with van der Waals surface area (Å²) >= 11 is 0. The van der Waals surface area contributed by atoms with Crippen LogP contribution < -0.4 is 4.89 Å². The zero-order chi connectivity index (χ0) is 23.7. The van der Waals surface area contributed by atoms with Gasteiger partial charge < -0.3 is 18.4 Å². The van der Waals surface area contributed by atoms with Gasteiger partial charge in [-0.2, -0.15) is 0 Å². The van der Waals surface area contributed by atoms with E-state index in [2.05, 4.69) is 6.92 Å². The molecule has 2 fully saturated rings. The average molecular weight is 488 g/mol. The van der Waals surface area contributed by atoms with Crippen LogP contribution in [0.15, 0.2) is 0 Å². The van der Waals surface area contributed by atoms with Crippen LogP contribution in [-0.4, -0.2) is 43.4 Å². The van der Waals surface area contributed by atoms with Crippen molar-refractivity contribution in [2.24, 2.45) is 0 Å². The van der Waals surface area contributed by atoms with E-state index in [1.165, 1.54) is 120 Å². The second-order valence-corrected chi connectivity index (χ2v) is 12.2. The monoisotopic (exact) mass is 487 g/mol. The van der Waals surface area contributed by atoms with E-state index >= 15 is 0 Å². The highest BCUT2D eigenvalue weighted by atomic mass is 31.2. The van der Waals surface area contributed by atoms with Crippen LogP contribution in [-0.2, 0) is 13.6 Å². The van der Waals surface area contributed by atoms with Crippen LogP contribution in [0.4, 0.5) is 0 Å². The molecule has 1 spiro atoms. The molecule has 0 aromatic heterocycles. The zero-order valence-electron chi connectivity index (χ0n) is 21.8. The summed E-state index contributed by atoms with van der Waals surface area (Å²) in [7, 11) is -4.15. The maximum Gasteiger partial charge on any atom is 0.268 e. The third-order valence-electron chi connectivity index (χ3n) is 7.89. The second-order valence-electron chi connectivity index (χ2n) is 10.8. The fourth-order valence-electron chi connectivity index (χ4n) is 5.69. The lowest BCUT2D eigenvalue weighted by molar-refractivity contribution is -0.922. The molecule has 0 bridgehead atoms. The molecule has 1 unspecified atom stereocenters. The summed E-state index contributed by atoms with van der Waals surface area (Å²) in [5.41, 5.74) is 0. The van der Waals surface area contributed by atoms with Gasteiger partial charge in [-0.05, 0) is 6.42 Å². The third-order valence-corrected chi connectivity index (χ3v) is 8.95. The summed E-state index contributed by atoms with van der Waals surface area (Å²) in [6, 6.07) is 0. The van der Waals surface area contributed by atoms with Crippen molar-refractivity contribution < 1.29 is 23.0 Å². The van der Waals surface area contributed by atoms with Crippen LogP contribution >= 0.6 is 7.82 Å². The normalized spacial score (nSPS) is 20.4. The molecular formula is C27H54NO4P. The number of piperidine rings is 1. The van der Waals surface area contributed by atoms with Crippen molar-refractivity contribution in [3.8, 4) is 0 Å². The standard InChI is InChI=1S/C27H54NO4P/c1-2-3-4-5-6-7-8-9-10-11-12-13-14-15-16-19-26-31-33(29,30)32-27-20-24-28(25-21-27)22-17-18-23-28/h27H,2-26H2,1H3. The molecule has 196 valence electrons. The largest absolute Gasteiger partial charge is 0.756 e. The molecule has 6 heteroatoms. The minimum Gasteiger partial charge on any atom is -0.756 e. The van der Waals surface area contributed by atoms with Gasteiger partial charge in [0, 0.05) is 25.7 Å². The first-order chi connectivity index (χ1) is 16.1. The molecule has 33 heavy (non-hydrogen) atoms. The van der Waals surface area contributed by atoms with Crippen LogP contribution in [0.2, 0.25) is 0 Å². The van der Waals surface area contributed by atoms with E-state index in [4.69, 9.17) is 9.05 Å². The third kappa shape index (κ3) is 13.7. The van der Waals surface area contributed by atoms with E-state index in [1.807, 2.05) is 0 Å². The van der Waals surface area contributed by atoms with Gasteiger partial charge in [0.05, 0.1) is 38.9 Å². The Morgan fingerprint density at radius 1 is 0.697 bits per heavy atom. The van der Waals surface area contributed by atoms with Crippen molar-refractivity contribution >= 4 is 7.82 Å². The van der Waals surface area contributed by atoms with Crippen LogP contribution in [0.25, 0.3) is 0 Å². The van der Waals surface area contributed by atoms with Gasteiger partial charge in [-0.1, -0.05) is 103 Å². The molecule has 0 amide bonds. The second kappa shape index (κ2) is 17.5. The molecule has 1 atom stereocenters. The SMILES string of the molecule is CCCCCCCCCCCCCCCCCCOP(=O)([O-])OC1CC[N+]2(CCCC2)CC1. The maximum atomic E-state index is 12.2. The van der Waals surface area contributed by atoms with E-state index in [-0.39, 0.29) is 12.7 Å². The molecule has 2 aliphatic heterocycles. The molecule has 0 aliphatic carbocycles. The summed E-state index contributed by atoms with van der Waals surface area (Å²) in [6.45, 7) is 7.19. The number of phosphoric acid groups is 1. The topological polar surface area (TPSA) is 58.6 Å². The van der Waals surface area contributed by atoms with Crippen LogP contribution in [0.5, 0.6) is 0 Å². The minimum atomic E-state index is -4.15. The first-order valence-electron chi connectivity index (χ1n) is 14.5. The number of rotatable bonds is 20. The van der Waals surface area contributed by atoms with Crippen molar-refractivity contribution in [3.05, 3.63) is 0 Å². The lowest BCUT2D eigenvalue weighted by atomic mass is 10.0. The van der Waals surface area contributed by atoms with Crippen molar-refractivity contribution in [1.82, 2.24) is 0 Å². The van der Waals surface area contributed by atoms with Gasteiger partial charge in [-0.3, -0.25) is 4.57 Å². The molecule has 0 radical (unpaired) electrons. The van der Waals surface area contributed by atoms with Crippen LogP contribution in [0, 0.1) is 0 Å².